The van der Waals surface area contributed by atoms with E-state index in [0.29, 0.717) is 0 Å². The summed E-state index contributed by atoms with van der Waals surface area (Å²) in [7, 11) is 0. The number of fused-ring (bicyclic) bond motifs is 2. The van der Waals surface area contributed by atoms with Crippen LogP contribution in [0.15, 0.2) is 302 Å². The lowest BCUT2D eigenvalue weighted by atomic mass is 9.85. The standard InChI is InChI=1S/C96H90N4/c1-7-11-17-71-31-47-79(48-32-71)98(76-41-25-68(6)26-42-76)84-57-61-86(62-58-84)100(80-49-33-72(34-50-80)18-12-8-2)82-53-37-74(38-54-82)88-64-66-94-91-21-13-19-89-87(63-65-93(95(89)91)92-22-14-20-90(88)96(92)94)73-35-51-81(52-36-73)99(78-45-29-70(16-10-4)30-46-78)85-59-55-83(56-60-85)97(75-39-23-67(5)24-40-75)77-43-27-69(15-9-3)28-44-77/h13-14,19-27,29-43,45-66H,7-12,15-18,28,44H2,1-6H3. The van der Waals surface area contributed by atoms with Crippen LogP contribution in [0.4, 0.5) is 62.6 Å². The van der Waals surface area contributed by atoms with Crippen molar-refractivity contribution >= 4 is 106 Å². The fraction of sp³-hybridized carbons (Fsp3) is 0.188. The van der Waals surface area contributed by atoms with Crippen molar-refractivity contribution in [2.75, 3.05) is 19.6 Å². The number of allylic oxidation sites excluding steroid dienone is 4. The molecule has 100 heavy (non-hydrogen) atoms. The minimum absolute atomic E-state index is 1.02. The van der Waals surface area contributed by atoms with Gasteiger partial charge >= 0.3 is 0 Å². The van der Waals surface area contributed by atoms with Crippen molar-refractivity contribution in [3.05, 3.63) is 330 Å². The van der Waals surface area contributed by atoms with Crippen molar-refractivity contribution in [3.63, 3.8) is 0 Å². The van der Waals surface area contributed by atoms with E-state index >= 15 is 0 Å². The van der Waals surface area contributed by atoms with E-state index in [4.69, 9.17) is 0 Å². The van der Waals surface area contributed by atoms with Gasteiger partial charge in [-0.2, -0.15) is 0 Å². The average Bonchev–Trinajstić information content (AvgIpc) is 0.711. The van der Waals surface area contributed by atoms with Gasteiger partial charge in [0.05, 0.1) is 0 Å². The van der Waals surface area contributed by atoms with Gasteiger partial charge < -0.3 is 19.6 Å². The molecule has 0 atom stereocenters. The molecule has 1 aliphatic carbocycles. The van der Waals surface area contributed by atoms with E-state index in [-0.39, 0.29) is 0 Å². The van der Waals surface area contributed by atoms with Gasteiger partial charge in [-0.05, 0) is 287 Å². The van der Waals surface area contributed by atoms with Crippen molar-refractivity contribution in [2.24, 2.45) is 0 Å². The number of unbranched alkanes of at least 4 members (excludes halogenated alkanes) is 2. The molecule has 0 aliphatic heterocycles. The highest BCUT2D eigenvalue weighted by Crippen LogP contribution is 2.48. The third-order valence-corrected chi connectivity index (χ3v) is 20.7. The Morgan fingerprint density at radius 2 is 0.550 bits per heavy atom. The molecular formula is C96H90N4. The van der Waals surface area contributed by atoms with E-state index in [2.05, 4.69) is 352 Å². The lowest BCUT2D eigenvalue weighted by molar-refractivity contribution is 0.791. The smallest absolute Gasteiger partial charge is 0.0463 e. The van der Waals surface area contributed by atoms with Gasteiger partial charge in [-0.3, -0.25) is 0 Å². The minimum Gasteiger partial charge on any atom is -0.314 e. The molecule has 0 N–H and O–H groups in total. The zero-order valence-electron chi connectivity index (χ0n) is 59.0. The molecule has 0 bridgehead atoms. The fourth-order valence-corrected chi connectivity index (χ4v) is 15.4. The van der Waals surface area contributed by atoms with Crippen molar-refractivity contribution in [3.8, 4) is 22.3 Å². The normalized spacial score (nSPS) is 12.3. The predicted octanol–water partition coefficient (Wildman–Crippen LogP) is 28.3. The minimum atomic E-state index is 1.02. The monoisotopic (exact) mass is 1300 g/mol. The number of benzene rings is 14. The number of rotatable bonds is 24. The summed E-state index contributed by atoms with van der Waals surface area (Å²) in [6, 6.07) is 106. The first-order valence-corrected chi connectivity index (χ1v) is 36.7. The number of nitrogens with zero attached hydrogens (tertiary/aromatic N) is 4. The van der Waals surface area contributed by atoms with Gasteiger partial charge in [0, 0.05) is 68.3 Å². The maximum atomic E-state index is 2.45. The van der Waals surface area contributed by atoms with Crippen LogP contribution in [0, 0.1) is 13.8 Å². The fourth-order valence-electron chi connectivity index (χ4n) is 15.4. The molecule has 15 rings (SSSR count). The molecule has 0 saturated heterocycles. The Morgan fingerprint density at radius 1 is 0.250 bits per heavy atom. The molecule has 0 fully saturated rings. The second-order valence-corrected chi connectivity index (χ2v) is 27.6. The Hall–Kier alpha value is -10.9. The summed E-state index contributed by atoms with van der Waals surface area (Å²) in [6.07, 6.45) is 18.3. The molecule has 0 amide bonds. The highest BCUT2D eigenvalue weighted by molar-refractivity contribution is 6.35. The SMILES string of the molecule is CCCCc1ccc(N(c2ccc(C)cc2)c2ccc(N(c3ccc(CCCC)cc3)c3ccc(-c4ccc5c6cccc7c(-c8ccc(N(c9ccc(CCC)cc9)c9ccc(N(C%10=CC=C(CCC)CC%10)c%10ccc(C)cc%10)cc9)cc8)ccc(c8cccc4c85)c76)cc3)cc2)cc1. The Balaban J connectivity index is 0.749. The van der Waals surface area contributed by atoms with Gasteiger partial charge in [0.15, 0.2) is 0 Å². The molecule has 4 nitrogen and oxygen atoms in total. The Kier molecular flexibility index (Phi) is 19.0. The average molecular weight is 1300 g/mol. The predicted molar refractivity (Wildman–Crippen MR) is 432 cm³/mol. The zero-order chi connectivity index (χ0) is 68.1. The van der Waals surface area contributed by atoms with Crippen LogP contribution >= 0.6 is 0 Å². The van der Waals surface area contributed by atoms with E-state index in [9.17, 15) is 0 Å². The summed E-state index contributed by atoms with van der Waals surface area (Å²) >= 11 is 0. The van der Waals surface area contributed by atoms with Crippen LogP contribution in [0.3, 0.4) is 0 Å². The van der Waals surface area contributed by atoms with E-state index in [1.54, 1.807) is 5.57 Å². The van der Waals surface area contributed by atoms with Crippen LogP contribution in [0.25, 0.3) is 65.3 Å². The maximum absolute atomic E-state index is 2.45. The summed E-state index contributed by atoms with van der Waals surface area (Å²) in [4.78, 5) is 9.65. The van der Waals surface area contributed by atoms with E-state index < -0.39 is 0 Å². The maximum Gasteiger partial charge on any atom is 0.0463 e. The van der Waals surface area contributed by atoms with Crippen molar-refractivity contribution < 1.29 is 0 Å². The molecule has 0 unspecified atom stereocenters. The van der Waals surface area contributed by atoms with Crippen LogP contribution in [0.5, 0.6) is 0 Å². The molecule has 0 heterocycles. The van der Waals surface area contributed by atoms with E-state index in [1.165, 1.54) is 137 Å². The Morgan fingerprint density at radius 3 is 0.880 bits per heavy atom. The van der Waals surface area contributed by atoms with Crippen LogP contribution in [-0.4, -0.2) is 0 Å². The molecule has 0 radical (unpaired) electrons. The molecule has 14 aromatic rings. The van der Waals surface area contributed by atoms with Gasteiger partial charge in [0.25, 0.3) is 0 Å². The number of hydrogen-bond acceptors (Lipinski definition) is 4. The van der Waals surface area contributed by atoms with Crippen molar-refractivity contribution in [2.45, 2.75) is 119 Å². The largest absolute Gasteiger partial charge is 0.314 e. The molecule has 0 saturated carbocycles. The van der Waals surface area contributed by atoms with Crippen molar-refractivity contribution in [1.82, 2.24) is 0 Å². The first kappa shape index (κ1) is 65.0. The van der Waals surface area contributed by atoms with E-state index in [0.717, 1.165) is 102 Å². The number of aryl methyl sites for hydroxylation is 5. The summed E-state index contributed by atoms with van der Waals surface area (Å²) < 4.78 is 0. The van der Waals surface area contributed by atoms with Crippen LogP contribution in [0.2, 0.25) is 0 Å². The first-order valence-electron chi connectivity index (χ1n) is 36.7. The topological polar surface area (TPSA) is 13.0 Å². The lowest BCUT2D eigenvalue weighted by Crippen LogP contribution is -2.18. The summed E-state index contributed by atoms with van der Waals surface area (Å²) in [5, 5.41) is 10.3. The molecule has 494 valence electrons. The zero-order valence-corrected chi connectivity index (χ0v) is 59.0. The summed E-state index contributed by atoms with van der Waals surface area (Å²) in [6.45, 7) is 13.4. The summed E-state index contributed by atoms with van der Waals surface area (Å²) in [5.74, 6) is 0. The molecule has 1 aliphatic rings. The van der Waals surface area contributed by atoms with Gasteiger partial charge in [-0.15, -0.1) is 0 Å². The summed E-state index contributed by atoms with van der Waals surface area (Å²) in [5.41, 5.74) is 26.8. The second kappa shape index (κ2) is 29.2. The van der Waals surface area contributed by atoms with Gasteiger partial charge in [0.1, 0.15) is 0 Å². The quantitative estimate of drug-likeness (QED) is 0.0441. The van der Waals surface area contributed by atoms with Gasteiger partial charge in [-0.1, -0.05) is 222 Å². The Bertz CT molecular complexity index is 5160. The second-order valence-electron chi connectivity index (χ2n) is 27.6. The third-order valence-electron chi connectivity index (χ3n) is 20.7. The van der Waals surface area contributed by atoms with Crippen LogP contribution < -0.4 is 19.6 Å². The molecule has 4 heteroatoms. The Labute approximate surface area is 592 Å². The third kappa shape index (κ3) is 13.2. The number of anilines is 11. The van der Waals surface area contributed by atoms with Gasteiger partial charge in [0.2, 0.25) is 0 Å². The van der Waals surface area contributed by atoms with E-state index in [1.807, 2.05) is 0 Å². The van der Waals surface area contributed by atoms with Crippen LogP contribution in [-0.2, 0) is 19.3 Å². The first-order chi connectivity index (χ1) is 49.2. The highest BCUT2D eigenvalue weighted by atomic mass is 15.2. The molecule has 14 aromatic carbocycles. The number of hydrogen-bond donors (Lipinski definition) is 0. The molecule has 0 spiro atoms. The lowest BCUT2D eigenvalue weighted by Gasteiger charge is -2.31. The van der Waals surface area contributed by atoms with Crippen LogP contribution in [0.1, 0.15) is 113 Å². The highest BCUT2D eigenvalue weighted by Gasteiger charge is 2.23. The molecular weight excluding hydrogens is 1210 g/mol. The van der Waals surface area contributed by atoms with Gasteiger partial charge in [-0.25, -0.2) is 0 Å². The van der Waals surface area contributed by atoms with Crippen molar-refractivity contribution in [1.29, 1.82) is 0 Å². The molecule has 0 aromatic heterocycles.